The summed E-state index contributed by atoms with van der Waals surface area (Å²) in [7, 11) is 1.58. The maximum absolute atomic E-state index is 12.7. The summed E-state index contributed by atoms with van der Waals surface area (Å²) >= 11 is 18.8. The Bertz CT molecular complexity index is 1010. The molecule has 0 spiro atoms. The molecule has 3 rings (SSSR count). The first-order valence-electron chi connectivity index (χ1n) is 9.02. The molecule has 0 saturated carbocycles. The van der Waals surface area contributed by atoms with E-state index in [0.717, 1.165) is 5.75 Å². The number of amides is 2. The number of carbonyl (C=O) groups is 2. The number of ether oxygens (including phenoxy) is 1. The molecule has 2 amide bonds. The minimum absolute atomic E-state index is 0.133. The van der Waals surface area contributed by atoms with Crippen molar-refractivity contribution in [1.82, 2.24) is 4.90 Å². The second-order valence-corrected chi connectivity index (χ2v) is 8.82. The molecule has 5 nitrogen and oxygen atoms in total. The van der Waals surface area contributed by atoms with Crippen LogP contribution in [0.5, 0.6) is 5.75 Å². The highest BCUT2D eigenvalue weighted by molar-refractivity contribution is 8.26. The van der Waals surface area contributed by atoms with Gasteiger partial charge in [0.15, 0.2) is 0 Å². The largest absolute Gasteiger partial charge is 0.497 e. The van der Waals surface area contributed by atoms with Gasteiger partial charge in [-0.1, -0.05) is 59.3 Å². The first kappa shape index (κ1) is 22.6. The van der Waals surface area contributed by atoms with Crippen molar-refractivity contribution in [2.45, 2.75) is 12.8 Å². The Morgan fingerprint density at radius 2 is 1.97 bits per heavy atom. The van der Waals surface area contributed by atoms with Gasteiger partial charge in [-0.15, -0.1) is 0 Å². The van der Waals surface area contributed by atoms with Crippen LogP contribution in [0.3, 0.4) is 0 Å². The molecule has 0 unspecified atom stereocenters. The molecular weight excluding hydrogens is 463 g/mol. The first-order chi connectivity index (χ1) is 14.4. The monoisotopic (exact) mass is 480 g/mol. The van der Waals surface area contributed by atoms with Crippen molar-refractivity contribution in [2.24, 2.45) is 0 Å². The summed E-state index contributed by atoms with van der Waals surface area (Å²) in [6.07, 6.45) is 2.44. The normalized spacial score (nSPS) is 15.0. The topological polar surface area (TPSA) is 58.6 Å². The van der Waals surface area contributed by atoms with E-state index in [2.05, 4.69) is 5.32 Å². The average molecular weight is 481 g/mol. The summed E-state index contributed by atoms with van der Waals surface area (Å²) < 4.78 is 5.55. The number of thiocarbonyl (C=S) groups is 1. The van der Waals surface area contributed by atoms with E-state index in [1.807, 2.05) is 0 Å². The van der Waals surface area contributed by atoms with E-state index in [9.17, 15) is 9.59 Å². The fourth-order valence-electron chi connectivity index (χ4n) is 2.76. The van der Waals surface area contributed by atoms with Gasteiger partial charge in [0.25, 0.3) is 5.91 Å². The van der Waals surface area contributed by atoms with Crippen molar-refractivity contribution in [3.8, 4) is 5.75 Å². The van der Waals surface area contributed by atoms with Crippen LogP contribution in [0, 0.1) is 0 Å². The Balaban J connectivity index is 1.54. The zero-order valence-electron chi connectivity index (χ0n) is 16.0. The molecule has 1 aliphatic rings. The van der Waals surface area contributed by atoms with Crippen LogP contribution >= 0.6 is 47.2 Å². The van der Waals surface area contributed by atoms with Crippen molar-refractivity contribution < 1.29 is 14.3 Å². The van der Waals surface area contributed by atoms with Gasteiger partial charge in [-0.2, -0.15) is 0 Å². The van der Waals surface area contributed by atoms with Gasteiger partial charge in [0.05, 0.1) is 22.1 Å². The number of thioether (sulfide) groups is 1. The molecular formula is C21H18Cl2N2O3S2. The zero-order valence-corrected chi connectivity index (χ0v) is 19.1. The molecule has 1 aliphatic heterocycles. The summed E-state index contributed by atoms with van der Waals surface area (Å²) in [5.74, 6) is 0.387. The summed E-state index contributed by atoms with van der Waals surface area (Å²) in [6, 6.07) is 12.3. The van der Waals surface area contributed by atoms with Gasteiger partial charge in [0.2, 0.25) is 5.91 Å². The van der Waals surface area contributed by atoms with E-state index in [1.54, 1.807) is 55.7 Å². The van der Waals surface area contributed by atoms with Crippen LogP contribution in [-0.2, 0) is 9.59 Å². The molecule has 0 atom stereocenters. The van der Waals surface area contributed by atoms with Gasteiger partial charge in [0, 0.05) is 18.7 Å². The average Bonchev–Trinajstić information content (AvgIpc) is 2.99. The molecule has 1 N–H and O–H groups in total. The fourth-order valence-corrected chi connectivity index (χ4v) is 4.42. The third-order valence-electron chi connectivity index (χ3n) is 4.30. The molecule has 0 aliphatic carbocycles. The quantitative estimate of drug-likeness (QED) is 0.411. The SMILES string of the molecule is COc1ccc(NC(=O)CCCN2C(=O)/C(=C/c3cccc(Cl)c3Cl)SC2=S)cc1. The van der Waals surface area contributed by atoms with Crippen LogP contribution in [-0.4, -0.2) is 34.7 Å². The van der Waals surface area contributed by atoms with Crippen molar-refractivity contribution in [1.29, 1.82) is 0 Å². The second-order valence-electron chi connectivity index (χ2n) is 6.36. The highest BCUT2D eigenvalue weighted by atomic mass is 35.5. The van der Waals surface area contributed by atoms with Gasteiger partial charge >= 0.3 is 0 Å². The predicted molar refractivity (Wildman–Crippen MR) is 127 cm³/mol. The number of nitrogens with one attached hydrogen (secondary N) is 1. The van der Waals surface area contributed by atoms with E-state index in [-0.39, 0.29) is 18.2 Å². The Morgan fingerprint density at radius 1 is 1.23 bits per heavy atom. The summed E-state index contributed by atoms with van der Waals surface area (Å²) in [6.45, 7) is 0.362. The molecule has 9 heteroatoms. The van der Waals surface area contributed by atoms with Crippen LogP contribution in [0.25, 0.3) is 6.08 Å². The number of anilines is 1. The van der Waals surface area contributed by atoms with E-state index >= 15 is 0 Å². The Morgan fingerprint density at radius 3 is 2.67 bits per heavy atom. The number of hydrogen-bond donors (Lipinski definition) is 1. The lowest BCUT2D eigenvalue weighted by atomic mass is 10.2. The molecule has 156 valence electrons. The van der Waals surface area contributed by atoms with Gasteiger partial charge < -0.3 is 10.1 Å². The number of halogens is 2. The molecule has 1 heterocycles. The lowest BCUT2D eigenvalue weighted by molar-refractivity contribution is -0.122. The highest BCUT2D eigenvalue weighted by Crippen LogP contribution is 2.35. The molecule has 2 aromatic rings. The van der Waals surface area contributed by atoms with E-state index in [4.69, 9.17) is 40.2 Å². The lowest BCUT2D eigenvalue weighted by Crippen LogP contribution is -2.29. The Labute approximate surface area is 194 Å². The van der Waals surface area contributed by atoms with Crippen molar-refractivity contribution >= 4 is 75.1 Å². The molecule has 1 saturated heterocycles. The molecule has 0 radical (unpaired) electrons. The zero-order chi connectivity index (χ0) is 21.7. The molecule has 2 aromatic carbocycles. The van der Waals surface area contributed by atoms with Crippen LogP contribution in [0.1, 0.15) is 18.4 Å². The fraction of sp³-hybridized carbons (Fsp3) is 0.190. The van der Waals surface area contributed by atoms with Crippen LogP contribution < -0.4 is 10.1 Å². The Hall–Kier alpha value is -2.06. The third-order valence-corrected chi connectivity index (χ3v) is 6.51. The number of benzene rings is 2. The van der Waals surface area contributed by atoms with E-state index < -0.39 is 0 Å². The second kappa shape index (κ2) is 10.3. The smallest absolute Gasteiger partial charge is 0.266 e. The molecule has 1 fully saturated rings. The molecule has 30 heavy (non-hydrogen) atoms. The van der Waals surface area contributed by atoms with Gasteiger partial charge in [-0.25, -0.2) is 0 Å². The number of nitrogens with zero attached hydrogens (tertiary/aromatic N) is 1. The van der Waals surface area contributed by atoms with Crippen LogP contribution in [0.2, 0.25) is 10.0 Å². The maximum Gasteiger partial charge on any atom is 0.266 e. The molecule has 0 bridgehead atoms. The van der Waals surface area contributed by atoms with Crippen LogP contribution in [0.4, 0.5) is 5.69 Å². The minimum Gasteiger partial charge on any atom is -0.497 e. The van der Waals surface area contributed by atoms with Crippen molar-refractivity contribution in [2.75, 3.05) is 19.0 Å². The predicted octanol–water partition coefficient (Wildman–Crippen LogP) is 5.62. The summed E-state index contributed by atoms with van der Waals surface area (Å²) in [4.78, 5) is 26.8. The summed E-state index contributed by atoms with van der Waals surface area (Å²) in [5, 5.41) is 3.63. The number of carbonyl (C=O) groups excluding carboxylic acids is 2. The van der Waals surface area contributed by atoms with Gasteiger partial charge in [-0.3, -0.25) is 14.5 Å². The van der Waals surface area contributed by atoms with Crippen molar-refractivity contribution in [3.63, 3.8) is 0 Å². The minimum atomic E-state index is -0.198. The van der Waals surface area contributed by atoms with E-state index in [0.29, 0.717) is 43.5 Å². The number of methoxy groups -OCH3 is 1. The third kappa shape index (κ3) is 5.55. The summed E-state index contributed by atoms with van der Waals surface area (Å²) in [5.41, 5.74) is 1.34. The van der Waals surface area contributed by atoms with E-state index in [1.165, 1.54) is 16.7 Å². The maximum atomic E-state index is 12.7. The first-order valence-corrected chi connectivity index (χ1v) is 11.0. The van der Waals surface area contributed by atoms with Gasteiger partial charge in [-0.05, 0) is 48.4 Å². The standard InChI is InChI=1S/C21H18Cl2N2O3S2/c1-28-15-9-7-14(8-10-15)24-18(26)6-3-11-25-20(27)17(30-21(25)29)12-13-4-2-5-16(22)19(13)23/h2,4-5,7-10,12H,3,6,11H2,1H3,(H,24,26)/b17-12-. The van der Waals surface area contributed by atoms with Gasteiger partial charge in [0.1, 0.15) is 10.1 Å². The molecule has 0 aromatic heterocycles. The van der Waals surface area contributed by atoms with Crippen molar-refractivity contribution in [3.05, 3.63) is 63.0 Å². The number of rotatable bonds is 7. The highest BCUT2D eigenvalue weighted by Gasteiger charge is 2.31. The number of hydrogen-bond acceptors (Lipinski definition) is 5. The van der Waals surface area contributed by atoms with Crippen LogP contribution in [0.15, 0.2) is 47.4 Å². The Kier molecular flexibility index (Phi) is 7.77. The lowest BCUT2D eigenvalue weighted by Gasteiger charge is -2.14.